The second-order valence-corrected chi connectivity index (χ2v) is 2.89. The molecule has 1 nitrogen and oxygen atoms in total. The summed E-state index contributed by atoms with van der Waals surface area (Å²) in [5.41, 5.74) is 2.22. The van der Waals surface area contributed by atoms with Gasteiger partial charge in [0.15, 0.2) is 0 Å². The zero-order valence-corrected chi connectivity index (χ0v) is 6.73. The molecule has 2 heteroatoms. The van der Waals surface area contributed by atoms with Crippen molar-refractivity contribution in [1.82, 2.24) is 0 Å². The first-order valence-corrected chi connectivity index (χ1v) is 3.94. The predicted octanol–water partition coefficient (Wildman–Crippen LogP) is 2.69. The van der Waals surface area contributed by atoms with E-state index < -0.39 is 0 Å². The summed E-state index contributed by atoms with van der Waals surface area (Å²) >= 11 is 5.97. The first kappa shape index (κ1) is 6.74. The number of anilines is 1. The van der Waals surface area contributed by atoms with E-state index >= 15 is 0 Å². The lowest BCUT2D eigenvalue weighted by atomic mass is 10.1. The van der Waals surface area contributed by atoms with Crippen molar-refractivity contribution in [3.05, 3.63) is 35.9 Å². The van der Waals surface area contributed by atoms with Gasteiger partial charge in [0, 0.05) is 22.8 Å². The van der Waals surface area contributed by atoms with E-state index in [4.69, 9.17) is 11.6 Å². The molecule has 1 aliphatic rings. The van der Waals surface area contributed by atoms with Gasteiger partial charge in [-0.05, 0) is 12.1 Å². The fourth-order valence-electron chi connectivity index (χ4n) is 1.21. The van der Waals surface area contributed by atoms with Crippen molar-refractivity contribution < 1.29 is 0 Å². The quantitative estimate of drug-likeness (QED) is 0.624. The minimum absolute atomic E-state index is 0.829. The lowest BCUT2D eigenvalue weighted by Crippen LogP contribution is -2.05. The normalized spacial score (nSPS) is 14.8. The number of fused-ring (bicyclic) bond motifs is 1. The highest BCUT2D eigenvalue weighted by Gasteiger charge is 2.07. The Morgan fingerprint density at radius 2 is 2.09 bits per heavy atom. The van der Waals surface area contributed by atoms with Gasteiger partial charge in [-0.15, -0.1) is 0 Å². The third kappa shape index (κ3) is 1.12. The van der Waals surface area contributed by atoms with Gasteiger partial charge in [-0.1, -0.05) is 29.8 Å². The first-order chi connectivity index (χ1) is 5.38. The summed E-state index contributed by atoms with van der Waals surface area (Å²) in [6.45, 7) is 0.829. The standard InChI is InChI=1S/C9H8ClN/c10-8-5-6-11-9-4-2-1-3-7(8)9/h1-5,11H,6H2. The van der Waals surface area contributed by atoms with Crippen LogP contribution < -0.4 is 5.32 Å². The molecule has 56 valence electrons. The highest BCUT2D eigenvalue weighted by atomic mass is 35.5. The van der Waals surface area contributed by atoms with Gasteiger partial charge in [0.2, 0.25) is 0 Å². The highest BCUT2D eigenvalue weighted by Crippen LogP contribution is 2.29. The van der Waals surface area contributed by atoms with Gasteiger partial charge in [-0.3, -0.25) is 0 Å². The summed E-state index contributed by atoms with van der Waals surface area (Å²) in [6.07, 6.45) is 1.98. The molecule has 0 aromatic heterocycles. The number of rotatable bonds is 0. The summed E-state index contributed by atoms with van der Waals surface area (Å²) in [5.74, 6) is 0. The van der Waals surface area contributed by atoms with Crippen LogP contribution in [0.3, 0.4) is 0 Å². The molecule has 0 aliphatic carbocycles. The molecule has 0 saturated heterocycles. The third-order valence-electron chi connectivity index (χ3n) is 1.76. The van der Waals surface area contributed by atoms with Gasteiger partial charge in [0.05, 0.1) is 0 Å². The number of para-hydroxylation sites is 1. The molecule has 1 heterocycles. The molecule has 0 spiro atoms. The number of benzene rings is 1. The summed E-state index contributed by atoms with van der Waals surface area (Å²) in [4.78, 5) is 0. The van der Waals surface area contributed by atoms with E-state index in [2.05, 4.69) is 5.32 Å². The number of hydrogen-bond acceptors (Lipinski definition) is 1. The fourth-order valence-corrected chi connectivity index (χ4v) is 1.45. The number of nitrogens with one attached hydrogen (secondary N) is 1. The zero-order valence-electron chi connectivity index (χ0n) is 5.97. The molecule has 2 rings (SSSR count). The molecule has 0 atom stereocenters. The summed E-state index contributed by atoms with van der Waals surface area (Å²) < 4.78 is 0. The lowest BCUT2D eigenvalue weighted by molar-refractivity contribution is 1.31. The van der Waals surface area contributed by atoms with Crippen LogP contribution in [0.2, 0.25) is 0 Å². The Bertz CT molecular complexity index is 304. The van der Waals surface area contributed by atoms with E-state index in [1.54, 1.807) is 0 Å². The van der Waals surface area contributed by atoms with Crippen LogP contribution in [0.15, 0.2) is 30.3 Å². The molecule has 0 radical (unpaired) electrons. The van der Waals surface area contributed by atoms with Gasteiger partial charge in [-0.25, -0.2) is 0 Å². The second kappa shape index (κ2) is 2.59. The van der Waals surface area contributed by atoms with Crippen LogP contribution in [-0.4, -0.2) is 6.54 Å². The van der Waals surface area contributed by atoms with Gasteiger partial charge < -0.3 is 5.32 Å². The Morgan fingerprint density at radius 1 is 1.27 bits per heavy atom. The van der Waals surface area contributed by atoms with Crippen molar-refractivity contribution in [2.75, 3.05) is 11.9 Å². The van der Waals surface area contributed by atoms with E-state index in [0.717, 1.165) is 22.8 Å². The summed E-state index contributed by atoms with van der Waals surface area (Å²) in [5, 5.41) is 4.08. The maximum Gasteiger partial charge on any atom is 0.0476 e. The molecular weight excluding hydrogens is 158 g/mol. The SMILES string of the molecule is ClC1=CCNc2ccccc21. The van der Waals surface area contributed by atoms with Gasteiger partial charge >= 0.3 is 0 Å². The average Bonchev–Trinajstić information content (AvgIpc) is 2.06. The molecular formula is C9H8ClN. The number of halogens is 1. The molecule has 0 unspecified atom stereocenters. The molecule has 0 amide bonds. The van der Waals surface area contributed by atoms with E-state index in [1.165, 1.54) is 0 Å². The molecule has 11 heavy (non-hydrogen) atoms. The van der Waals surface area contributed by atoms with Gasteiger partial charge in [0.1, 0.15) is 0 Å². The third-order valence-corrected chi connectivity index (χ3v) is 2.12. The van der Waals surface area contributed by atoms with E-state index in [-0.39, 0.29) is 0 Å². The van der Waals surface area contributed by atoms with Crippen molar-refractivity contribution in [3.63, 3.8) is 0 Å². The molecule has 1 aromatic carbocycles. The molecule has 1 N–H and O–H groups in total. The zero-order chi connectivity index (χ0) is 7.68. The van der Waals surface area contributed by atoms with Crippen LogP contribution in [-0.2, 0) is 0 Å². The Kier molecular flexibility index (Phi) is 1.59. The monoisotopic (exact) mass is 165 g/mol. The van der Waals surface area contributed by atoms with Gasteiger partial charge in [0.25, 0.3) is 0 Å². The Hall–Kier alpha value is -0.950. The van der Waals surface area contributed by atoms with Crippen molar-refractivity contribution in [2.24, 2.45) is 0 Å². The van der Waals surface area contributed by atoms with Crippen LogP contribution in [0, 0.1) is 0 Å². The maximum absolute atomic E-state index is 5.97. The van der Waals surface area contributed by atoms with Crippen LogP contribution in [0.5, 0.6) is 0 Å². The van der Waals surface area contributed by atoms with Gasteiger partial charge in [-0.2, -0.15) is 0 Å². The predicted molar refractivity (Wildman–Crippen MR) is 48.8 cm³/mol. The van der Waals surface area contributed by atoms with Crippen LogP contribution in [0.25, 0.3) is 5.03 Å². The Morgan fingerprint density at radius 3 is 2.91 bits per heavy atom. The van der Waals surface area contributed by atoms with E-state index in [1.807, 2.05) is 30.3 Å². The minimum atomic E-state index is 0.829. The first-order valence-electron chi connectivity index (χ1n) is 3.57. The smallest absolute Gasteiger partial charge is 0.0476 e. The van der Waals surface area contributed by atoms with Crippen molar-refractivity contribution in [2.45, 2.75) is 0 Å². The highest BCUT2D eigenvalue weighted by molar-refractivity contribution is 6.49. The Balaban J connectivity index is 2.56. The average molecular weight is 166 g/mol. The topological polar surface area (TPSA) is 12.0 Å². The summed E-state index contributed by atoms with van der Waals surface area (Å²) in [7, 11) is 0. The van der Waals surface area contributed by atoms with Crippen molar-refractivity contribution >= 4 is 22.3 Å². The molecule has 0 bridgehead atoms. The van der Waals surface area contributed by atoms with Crippen molar-refractivity contribution in [3.8, 4) is 0 Å². The molecule has 0 fully saturated rings. The molecule has 1 aromatic rings. The maximum atomic E-state index is 5.97. The molecule has 0 saturated carbocycles. The van der Waals surface area contributed by atoms with E-state index in [9.17, 15) is 0 Å². The number of hydrogen-bond donors (Lipinski definition) is 1. The second-order valence-electron chi connectivity index (χ2n) is 2.48. The Labute approximate surface area is 70.7 Å². The molecule has 1 aliphatic heterocycles. The van der Waals surface area contributed by atoms with Crippen LogP contribution in [0.1, 0.15) is 5.56 Å². The largest absolute Gasteiger partial charge is 0.381 e. The van der Waals surface area contributed by atoms with Crippen LogP contribution >= 0.6 is 11.6 Å². The minimum Gasteiger partial charge on any atom is -0.381 e. The summed E-state index contributed by atoms with van der Waals surface area (Å²) in [6, 6.07) is 8.04. The van der Waals surface area contributed by atoms with E-state index in [0.29, 0.717) is 0 Å². The van der Waals surface area contributed by atoms with Crippen molar-refractivity contribution in [1.29, 1.82) is 0 Å². The van der Waals surface area contributed by atoms with Crippen LogP contribution in [0.4, 0.5) is 5.69 Å². The lowest BCUT2D eigenvalue weighted by Gasteiger charge is -2.14. The fraction of sp³-hybridized carbons (Fsp3) is 0.111.